The quantitative estimate of drug-likeness (QED) is 0.407. The summed E-state index contributed by atoms with van der Waals surface area (Å²) in [6, 6.07) is 12.9. The van der Waals surface area contributed by atoms with Gasteiger partial charge < -0.3 is 14.0 Å². The van der Waals surface area contributed by atoms with Crippen LogP contribution in [0.15, 0.2) is 47.6 Å². The molecule has 0 fully saturated rings. The second-order valence-corrected chi connectivity index (χ2v) is 7.27. The highest BCUT2D eigenvalue weighted by Crippen LogP contribution is 2.28. The smallest absolute Gasteiger partial charge is 0.191 e. The number of ether oxygens (including phenoxy) is 2. The van der Waals surface area contributed by atoms with Gasteiger partial charge in [0.15, 0.2) is 11.0 Å². The summed E-state index contributed by atoms with van der Waals surface area (Å²) < 4.78 is 12.8. The van der Waals surface area contributed by atoms with Crippen molar-refractivity contribution < 1.29 is 9.47 Å². The molecule has 26 heavy (non-hydrogen) atoms. The van der Waals surface area contributed by atoms with Gasteiger partial charge in [0, 0.05) is 23.4 Å². The van der Waals surface area contributed by atoms with Crippen LogP contribution in [0.3, 0.4) is 0 Å². The number of hydrogen-bond donors (Lipinski definition) is 0. The minimum Gasteiger partial charge on any atom is -0.497 e. The highest BCUT2D eigenvalue weighted by atomic mass is 35.5. The van der Waals surface area contributed by atoms with Gasteiger partial charge in [-0.25, -0.2) is 0 Å². The van der Waals surface area contributed by atoms with Crippen LogP contribution < -0.4 is 9.47 Å². The van der Waals surface area contributed by atoms with Crippen molar-refractivity contribution in [3.63, 3.8) is 0 Å². The van der Waals surface area contributed by atoms with Crippen molar-refractivity contribution in [2.75, 3.05) is 19.5 Å². The van der Waals surface area contributed by atoms with Crippen LogP contribution in [0.1, 0.15) is 0 Å². The lowest BCUT2D eigenvalue weighted by Gasteiger charge is -2.08. The van der Waals surface area contributed by atoms with Crippen molar-refractivity contribution in [3.8, 4) is 22.9 Å². The molecule has 0 bridgehead atoms. The lowest BCUT2D eigenvalue weighted by atomic mass is 10.2. The van der Waals surface area contributed by atoms with Gasteiger partial charge in [0.05, 0.1) is 18.7 Å². The zero-order valence-electron chi connectivity index (χ0n) is 14.3. The Morgan fingerprint density at radius 3 is 2.54 bits per heavy atom. The van der Waals surface area contributed by atoms with Crippen LogP contribution in [0.25, 0.3) is 11.4 Å². The predicted octanol–water partition coefficient (Wildman–Crippen LogP) is 4.97. The topological polar surface area (TPSA) is 49.2 Å². The van der Waals surface area contributed by atoms with E-state index in [4.69, 9.17) is 32.7 Å². The summed E-state index contributed by atoms with van der Waals surface area (Å²) in [6.07, 6.45) is 0. The van der Waals surface area contributed by atoms with Crippen molar-refractivity contribution in [2.24, 2.45) is 7.05 Å². The molecule has 1 aromatic heterocycles. The van der Waals surface area contributed by atoms with Gasteiger partial charge in [-0.1, -0.05) is 35.0 Å². The number of hydrogen-bond acceptors (Lipinski definition) is 5. The molecular formula is C18H17Cl2N3O2S. The van der Waals surface area contributed by atoms with Crippen molar-refractivity contribution >= 4 is 35.0 Å². The number of halogens is 2. The minimum absolute atomic E-state index is 0.497. The molecule has 0 aliphatic rings. The van der Waals surface area contributed by atoms with E-state index in [1.54, 1.807) is 37.1 Å². The summed E-state index contributed by atoms with van der Waals surface area (Å²) in [5.74, 6) is 2.95. The van der Waals surface area contributed by atoms with E-state index in [0.29, 0.717) is 28.2 Å². The van der Waals surface area contributed by atoms with E-state index in [1.807, 2.05) is 35.9 Å². The molecule has 0 atom stereocenters. The Hall–Kier alpha value is -1.89. The van der Waals surface area contributed by atoms with Gasteiger partial charge >= 0.3 is 0 Å². The second kappa shape index (κ2) is 8.66. The molecule has 0 spiro atoms. The maximum atomic E-state index is 6.09. The van der Waals surface area contributed by atoms with Crippen molar-refractivity contribution in [1.82, 2.24) is 14.8 Å². The number of nitrogens with zero attached hydrogens (tertiary/aromatic N) is 3. The molecule has 1 heterocycles. The first-order chi connectivity index (χ1) is 12.6. The standard InChI is InChI=1S/C18H17Cl2N3O2S/c1-23-17(12-3-6-14(24-2)7-4-12)21-22-18(23)26-10-9-25-16-8-5-13(19)11-15(16)20/h3-8,11H,9-10H2,1-2H3. The summed E-state index contributed by atoms with van der Waals surface area (Å²) in [7, 11) is 3.59. The van der Waals surface area contributed by atoms with E-state index in [1.165, 1.54) is 0 Å². The Morgan fingerprint density at radius 2 is 1.85 bits per heavy atom. The van der Waals surface area contributed by atoms with Gasteiger partial charge in [0.1, 0.15) is 11.5 Å². The van der Waals surface area contributed by atoms with Crippen LogP contribution in [-0.4, -0.2) is 34.2 Å². The van der Waals surface area contributed by atoms with Crippen LogP contribution >= 0.6 is 35.0 Å². The first-order valence-electron chi connectivity index (χ1n) is 7.83. The number of rotatable bonds is 7. The van der Waals surface area contributed by atoms with Crippen LogP contribution in [0.4, 0.5) is 0 Å². The SMILES string of the molecule is COc1ccc(-c2nnc(SCCOc3ccc(Cl)cc3Cl)n2C)cc1. The molecule has 5 nitrogen and oxygen atoms in total. The first-order valence-corrected chi connectivity index (χ1v) is 9.57. The van der Waals surface area contributed by atoms with Gasteiger partial charge in [-0.15, -0.1) is 10.2 Å². The maximum Gasteiger partial charge on any atom is 0.191 e. The van der Waals surface area contributed by atoms with E-state index in [0.717, 1.165) is 22.3 Å². The molecule has 8 heteroatoms. The largest absolute Gasteiger partial charge is 0.497 e. The summed E-state index contributed by atoms with van der Waals surface area (Å²) in [5.41, 5.74) is 0.983. The fraction of sp³-hybridized carbons (Fsp3) is 0.222. The third kappa shape index (κ3) is 4.44. The Morgan fingerprint density at radius 1 is 1.08 bits per heavy atom. The number of benzene rings is 2. The van der Waals surface area contributed by atoms with Gasteiger partial charge in [0.25, 0.3) is 0 Å². The lowest BCUT2D eigenvalue weighted by Crippen LogP contribution is -2.02. The molecule has 0 radical (unpaired) electrons. The fourth-order valence-corrected chi connectivity index (χ4v) is 3.50. The van der Waals surface area contributed by atoms with E-state index >= 15 is 0 Å². The second-order valence-electron chi connectivity index (χ2n) is 5.37. The fourth-order valence-electron chi connectivity index (χ4n) is 2.31. The van der Waals surface area contributed by atoms with E-state index < -0.39 is 0 Å². The minimum atomic E-state index is 0.497. The van der Waals surface area contributed by atoms with Gasteiger partial charge in [-0.05, 0) is 42.5 Å². The van der Waals surface area contributed by atoms with Crippen molar-refractivity contribution in [1.29, 1.82) is 0 Å². The maximum absolute atomic E-state index is 6.09. The van der Waals surface area contributed by atoms with Crippen LogP contribution in [0.2, 0.25) is 10.0 Å². The van der Waals surface area contributed by atoms with Crippen LogP contribution in [-0.2, 0) is 7.05 Å². The molecule has 0 unspecified atom stereocenters. The number of aromatic nitrogens is 3. The molecule has 2 aromatic carbocycles. The highest BCUT2D eigenvalue weighted by molar-refractivity contribution is 7.99. The van der Waals surface area contributed by atoms with Gasteiger partial charge in [-0.3, -0.25) is 0 Å². The average Bonchev–Trinajstić information content (AvgIpc) is 3.01. The van der Waals surface area contributed by atoms with Gasteiger partial charge in [0.2, 0.25) is 0 Å². The Kier molecular flexibility index (Phi) is 6.29. The monoisotopic (exact) mass is 409 g/mol. The molecule has 3 aromatic rings. The zero-order valence-corrected chi connectivity index (χ0v) is 16.6. The summed E-state index contributed by atoms with van der Waals surface area (Å²) in [4.78, 5) is 0. The van der Waals surface area contributed by atoms with Crippen LogP contribution in [0, 0.1) is 0 Å². The molecular weight excluding hydrogens is 393 g/mol. The first kappa shape index (κ1) is 18.9. The van der Waals surface area contributed by atoms with E-state index in [2.05, 4.69) is 10.2 Å². The zero-order chi connectivity index (χ0) is 18.5. The Bertz CT molecular complexity index is 885. The summed E-state index contributed by atoms with van der Waals surface area (Å²) >= 11 is 13.5. The van der Waals surface area contributed by atoms with Crippen LogP contribution in [0.5, 0.6) is 11.5 Å². The van der Waals surface area contributed by atoms with Gasteiger partial charge in [-0.2, -0.15) is 0 Å². The third-order valence-corrected chi connectivity index (χ3v) is 5.16. The van der Waals surface area contributed by atoms with Crippen molar-refractivity contribution in [3.05, 3.63) is 52.5 Å². The molecule has 3 rings (SSSR count). The molecule has 0 amide bonds. The number of thioether (sulfide) groups is 1. The molecule has 0 saturated heterocycles. The number of methoxy groups -OCH3 is 1. The third-order valence-electron chi connectivity index (χ3n) is 3.65. The Balaban J connectivity index is 1.58. The van der Waals surface area contributed by atoms with Crippen molar-refractivity contribution in [2.45, 2.75) is 5.16 Å². The summed E-state index contributed by atoms with van der Waals surface area (Å²) in [6.45, 7) is 0.497. The molecule has 0 N–H and O–H groups in total. The predicted molar refractivity (Wildman–Crippen MR) is 106 cm³/mol. The lowest BCUT2D eigenvalue weighted by molar-refractivity contribution is 0.344. The summed E-state index contributed by atoms with van der Waals surface area (Å²) in [5, 5.41) is 10.4. The molecule has 0 aliphatic carbocycles. The molecule has 0 saturated carbocycles. The Labute approximate surface area is 166 Å². The van der Waals surface area contributed by atoms with E-state index in [9.17, 15) is 0 Å². The normalized spacial score (nSPS) is 10.8. The van der Waals surface area contributed by atoms with E-state index in [-0.39, 0.29) is 0 Å². The molecule has 136 valence electrons. The highest BCUT2D eigenvalue weighted by Gasteiger charge is 2.11. The molecule has 0 aliphatic heterocycles. The average molecular weight is 410 g/mol.